The highest BCUT2D eigenvalue weighted by Gasteiger charge is 2.32. The summed E-state index contributed by atoms with van der Waals surface area (Å²) in [6.07, 6.45) is 3.17. The third-order valence-electron chi connectivity index (χ3n) is 3.14. The second-order valence-electron chi connectivity index (χ2n) is 5.45. The van der Waals surface area contributed by atoms with Crippen LogP contribution in [0, 0.1) is 11.3 Å². The Labute approximate surface area is 99.9 Å². The Bertz CT molecular complexity index is 212. The highest BCUT2D eigenvalue weighted by molar-refractivity contribution is 5.67. The Hall–Kier alpha value is -0.730. The van der Waals surface area contributed by atoms with E-state index in [1.807, 2.05) is 0 Å². The lowest BCUT2D eigenvalue weighted by Gasteiger charge is -2.37. The maximum absolute atomic E-state index is 11.3. The van der Waals surface area contributed by atoms with Gasteiger partial charge in [-0.1, -0.05) is 47.5 Å². The number of hydrogen-bond acceptors (Lipinski definition) is 2. The van der Waals surface area contributed by atoms with Crippen LogP contribution in [0.5, 0.6) is 0 Å². The van der Waals surface area contributed by atoms with Crippen molar-refractivity contribution in [2.45, 2.75) is 59.9 Å². The molecule has 1 atom stereocenters. The lowest BCUT2D eigenvalue weighted by Crippen LogP contribution is -2.48. The van der Waals surface area contributed by atoms with Gasteiger partial charge in [0.1, 0.15) is 0 Å². The molecule has 0 spiro atoms. The molecule has 0 aliphatic rings. The standard InChI is InChI=1S/C13H27NO2/c1-7-8-9-13(4,5)11(10(2)3)14-12(15)16-6/h10-11H,7-9H2,1-6H3,(H,14,15)/t11-/m0/s1. The minimum absolute atomic E-state index is 0.109. The van der Waals surface area contributed by atoms with Crippen molar-refractivity contribution in [3.63, 3.8) is 0 Å². The monoisotopic (exact) mass is 229 g/mol. The Kier molecular flexibility index (Phi) is 6.46. The van der Waals surface area contributed by atoms with Gasteiger partial charge < -0.3 is 10.1 Å². The van der Waals surface area contributed by atoms with Crippen molar-refractivity contribution in [2.75, 3.05) is 7.11 Å². The van der Waals surface area contributed by atoms with Crippen LogP contribution in [0.1, 0.15) is 53.9 Å². The molecule has 0 saturated carbocycles. The van der Waals surface area contributed by atoms with Gasteiger partial charge in [0.2, 0.25) is 0 Å². The van der Waals surface area contributed by atoms with E-state index >= 15 is 0 Å². The number of unbranched alkanes of at least 4 members (excludes halogenated alkanes) is 1. The Morgan fingerprint density at radius 3 is 2.31 bits per heavy atom. The molecule has 0 aromatic rings. The van der Waals surface area contributed by atoms with E-state index in [9.17, 15) is 4.79 Å². The van der Waals surface area contributed by atoms with Crippen molar-refractivity contribution in [2.24, 2.45) is 11.3 Å². The molecule has 0 aromatic carbocycles. The molecule has 0 bridgehead atoms. The SMILES string of the molecule is CCCCC(C)(C)[C@@H](NC(=O)OC)C(C)C. The van der Waals surface area contributed by atoms with Crippen molar-refractivity contribution in [1.82, 2.24) is 5.32 Å². The molecule has 1 N–H and O–H groups in total. The van der Waals surface area contributed by atoms with E-state index in [0.717, 1.165) is 6.42 Å². The lowest BCUT2D eigenvalue weighted by atomic mass is 9.75. The second-order valence-corrected chi connectivity index (χ2v) is 5.45. The first-order chi connectivity index (χ1) is 7.35. The summed E-state index contributed by atoms with van der Waals surface area (Å²) in [5.74, 6) is 0.408. The number of carbonyl (C=O) groups is 1. The fraction of sp³-hybridized carbons (Fsp3) is 0.923. The summed E-state index contributed by atoms with van der Waals surface area (Å²) >= 11 is 0. The molecule has 0 aliphatic heterocycles. The number of alkyl carbamates (subject to hydrolysis) is 1. The summed E-state index contributed by atoms with van der Waals surface area (Å²) in [6.45, 7) is 10.9. The Morgan fingerprint density at radius 1 is 1.38 bits per heavy atom. The molecule has 0 rings (SSSR count). The zero-order valence-electron chi connectivity index (χ0n) is 11.6. The summed E-state index contributed by atoms with van der Waals surface area (Å²) in [6, 6.07) is 0.159. The largest absolute Gasteiger partial charge is 0.453 e. The summed E-state index contributed by atoms with van der Waals surface area (Å²) in [4.78, 5) is 11.3. The van der Waals surface area contributed by atoms with Gasteiger partial charge in [-0.05, 0) is 17.8 Å². The fourth-order valence-corrected chi connectivity index (χ4v) is 2.24. The molecule has 96 valence electrons. The van der Waals surface area contributed by atoms with Crippen LogP contribution >= 0.6 is 0 Å². The minimum atomic E-state index is -0.330. The van der Waals surface area contributed by atoms with Crippen molar-refractivity contribution in [1.29, 1.82) is 0 Å². The van der Waals surface area contributed by atoms with Crippen molar-refractivity contribution in [3.05, 3.63) is 0 Å². The first-order valence-corrected chi connectivity index (χ1v) is 6.19. The quantitative estimate of drug-likeness (QED) is 0.756. The number of ether oxygens (including phenoxy) is 1. The zero-order chi connectivity index (χ0) is 12.8. The van der Waals surface area contributed by atoms with Gasteiger partial charge in [0.15, 0.2) is 0 Å². The third kappa shape index (κ3) is 4.86. The van der Waals surface area contributed by atoms with Crippen molar-refractivity contribution >= 4 is 6.09 Å². The molecule has 0 radical (unpaired) electrons. The molecule has 0 saturated heterocycles. The number of rotatable bonds is 6. The van der Waals surface area contributed by atoms with Crippen molar-refractivity contribution < 1.29 is 9.53 Å². The predicted octanol–water partition coefficient (Wildman–Crippen LogP) is 3.58. The van der Waals surface area contributed by atoms with Crippen molar-refractivity contribution in [3.8, 4) is 0 Å². The fourth-order valence-electron chi connectivity index (χ4n) is 2.24. The molecule has 0 unspecified atom stereocenters. The minimum Gasteiger partial charge on any atom is -0.453 e. The van der Waals surface area contributed by atoms with E-state index in [0.29, 0.717) is 5.92 Å². The van der Waals surface area contributed by atoms with E-state index in [2.05, 4.69) is 44.7 Å². The number of methoxy groups -OCH3 is 1. The summed E-state index contributed by atoms with van der Waals surface area (Å²) < 4.78 is 4.68. The molecule has 0 aromatic heterocycles. The summed E-state index contributed by atoms with van der Waals surface area (Å²) in [7, 11) is 1.41. The number of amides is 1. The normalized spacial score (nSPS) is 13.7. The van der Waals surface area contributed by atoms with E-state index in [1.54, 1.807) is 0 Å². The highest BCUT2D eigenvalue weighted by Crippen LogP contribution is 2.31. The number of nitrogens with one attached hydrogen (secondary N) is 1. The Balaban J connectivity index is 4.55. The highest BCUT2D eigenvalue weighted by atomic mass is 16.5. The molecule has 16 heavy (non-hydrogen) atoms. The molecular formula is C13H27NO2. The van der Waals surface area contributed by atoms with E-state index < -0.39 is 0 Å². The summed E-state index contributed by atoms with van der Waals surface area (Å²) in [5, 5.41) is 2.95. The Morgan fingerprint density at radius 2 is 1.94 bits per heavy atom. The molecule has 0 fully saturated rings. The van der Waals surface area contributed by atoms with Crippen LogP contribution in [0.3, 0.4) is 0 Å². The number of carbonyl (C=O) groups excluding carboxylic acids is 1. The van der Waals surface area contributed by atoms with Crippen LogP contribution in [0.25, 0.3) is 0 Å². The second kappa shape index (κ2) is 6.77. The molecule has 0 heterocycles. The molecule has 3 nitrogen and oxygen atoms in total. The first kappa shape index (κ1) is 15.3. The molecule has 0 aliphatic carbocycles. The third-order valence-corrected chi connectivity index (χ3v) is 3.14. The van der Waals surface area contributed by atoms with Crippen LogP contribution in [0.2, 0.25) is 0 Å². The van der Waals surface area contributed by atoms with Crippen LogP contribution in [0.4, 0.5) is 4.79 Å². The average Bonchev–Trinajstić information content (AvgIpc) is 2.21. The van der Waals surface area contributed by atoms with Gasteiger partial charge in [-0.15, -0.1) is 0 Å². The van der Waals surface area contributed by atoms with Crippen LogP contribution < -0.4 is 5.32 Å². The van der Waals surface area contributed by atoms with Gasteiger partial charge in [0.25, 0.3) is 0 Å². The predicted molar refractivity (Wildman–Crippen MR) is 67.5 cm³/mol. The first-order valence-electron chi connectivity index (χ1n) is 6.19. The lowest BCUT2D eigenvalue weighted by molar-refractivity contribution is 0.131. The maximum Gasteiger partial charge on any atom is 0.407 e. The van der Waals surface area contributed by atoms with Gasteiger partial charge in [0, 0.05) is 6.04 Å². The van der Waals surface area contributed by atoms with E-state index in [-0.39, 0.29) is 17.6 Å². The van der Waals surface area contributed by atoms with Gasteiger partial charge in [-0.2, -0.15) is 0 Å². The van der Waals surface area contributed by atoms with Gasteiger partial charge in [0.05, 0.1) is 7.11 Å². The van der Waals surface area contributed by atoms with Crippen LogP contribution in [-0.4, -0.2) is 19.2 Å². The smallest absolute Gasteiger partial charge is 0.407 e. The van der Waals surface area contributed by atoms with Gasteiger partial charge in [-0.3, -0.25) is 0 Å². The van der Waals surface area contributed by atoms with E-state index in [4.69, 9.17) is 0 Å². The summed E-state index contributed by atoms with van der Waals surface area (Å²) in [5.41, 5.74) is 0.109. The molecule has 3 heteroatoms. The van der Waals surface area contributed by atoms with Gasteiger partial charge >= 0.3 is 6.09 Å². The average molecular weight is 229 g/mol. The van der Waals surface area contributed by atoms with Crippen LogP contribution in [-0.2, 0) is 4.74 Å². The van der Waals surface area contributed by atoms with Gasteiger partial charge in [-0.25, -0.2) is 4.79 Å². The molecular weight excluding hydrogens is 202 g/mol. The van der Waals surface area contributed by atoms with Crippen LogP contribution in [0.15, 0.2) is 0 Å². The molecule has 1 amide bonds. The topological polar surface area (TPSA) is 38.3 Å². The maximum atomic E-state index is 11.3. The van der Waals surface area contributed by atoms with E-state index in [1.165, 1.54) is 20.0 Å². The zero-order valence-corrected chi connectivity index (χ0v) is 11.6. The number of hydrogen-bond donors (Lipinski definition) is 1.